The Bertz CT molecular complexity index is 479. The van der Waals surface area contributed by atoms with E-state index in [1.165, 1.54) is 0 Å². The quantitative estimate of drug-likeness (QED) is 0.859. The lowest BCUT2D eigenvalue weighted by Gasteiger charge is -2.17. The van der Waals surface area contributed by atoms with Crippen LogP contribution in [0.3, 0.4) is 0 Å². The van der Waals surface area contributed by atoms with Gasteiger partial charge >= 0.3 is 0 Å². The Morgan fingerprint density at radius 3 is 2.65 bits per heavy atom. The number of hydrogen-bond acceptors (Lipinski definition) is 3. The highest BCUT2D eigenvalue weighted by Gasteiger charge is 2.20. The molecular formula is C12H12Br2N2S. The lowest BCUT2D eigenvalue weighted by molar-refractivity contribution is 0.592. The molecule has 2 rings (SSSR count). The third-order valence-electron chi connectivity index (χ3n) is 2.69. The van der Waals surface area contributed by atoms with Gasteiger partial charge in [-0.25, -0.2) is 0 Å². The van der Waals surface area contributed by atoms with Gasteiger partial charge in [-0.15, -0.1) is 11.3 Å². The summed E-state index contributed by atoms with van der Waals surface area (Å²) >= 11 is 8.63. The molecule has 2 N–H and O–H groups in total. The smallest absolute Gasteiger partial charge is 0.0843 e. The minimum Gasteiger partial charge on any atom is -0.323 e. The van der Waals surface area contributed by atoms with E-state index in [4.69, 9.17) is 5.73 Å². The Balaban J connectivity index is 2.23. The number of halogens is 2. The number of hydrogen-bond donors (Lipinski definition) is 1. The fourth-order valence-corrected chi connectivity index (χ4v) is 3.80. The molecule has 2 aromatic heterocycles. The topological polar surface area (TPSA) is 38.9 Å². The Hall–Kier alpha value is -0.230. The Labute approximate surface area is 122 Å². The Kier molecular flexibility index (Phi) is 4.36. The second kappa shape index (κ2) is 5.61. The molecule has 2 unspecified atom stereocenters. The number of rotatable bonds is 3. The lowest BCUT2D eigenvalue weighted by Crippen LogP contribution is -2.17. The van der Waals surface area contributed by atoms with Crippen LogP contribution in [0.25, 0.3) is 0 Å². The van der Waals surface area contributed by atoms with Gasteiger partial charge in [-0.1, -0.05) is 13.0 Å². The maximum absolute atomic E-state index is 6.28. The highest BCUT2D eigenvalue weighted by molar-refractivity contribution is 9.13. The summed E-state index contributed by atoms with van der Waals surface area (Å²) in [5, 5.41) is 0. The fraction of sp³-hybridized carbons (Fsp3) is 0.250. The van der Waals surface area contributed by atoms with Crippen LogP contribution in [0.1, 0.15) is 29.5 Å². The third-order valence-corrected chi connectivity index (χ3v) is 6.04. The fourth-order valence-electron chi connectivity index (χ4n) is 1.60. The molecule has 0 spiro atoms. The van der Waals surface area contributed by atoms with Crippen LogP contribution in [-0.4, -0.2) is 4.98 Å². The van der Waals surface area contributed by atoms with Crippen molar-refractivity contribution in [2.45, 2.75) is 18.9 Å². The predicted molar refractivity (Wildman–Crippen MR) is 79.3 cm³/mol. The summed E-state index contributed by atoms with van der Waals surface area (Å²) in [6, 6.07) is 7.96. The second-order valence-electron chi connectivity index (χ2n) is 3.84. The molecular weight excluding hydrogens is 364 g/mol. The Morgan fingerprint density at radius 1 is 1.35 bits per heavy atom. The first-order valence-electron chi connectivity index (χ1n) is 5.21. The molecule has 5 heteroatoms. The first kappa shape index (κ1) is 13.2. The summed E-state index contributed by atoms with van der Waals surface area (Å²) in [4.78, 5) is 5.51. The summed E-state index contributed by atoms with van der Waals surface area (Å²) in [5.74, 6) is 0.202. The van der Waals surface area contributed by atoms with Crippen molar-refractivity contribution >= 4 is 43.2 Å². The maximum Gasteiger partial charge on any atom is 0.0843 e. The monoisotopic (exact) mass is 374 g/mol. The van der Waals surface area contributed by atoms with Gasteiger partial charge < -0.3 is 5.73 Å². The lowest BCUT2D eigenvalue weighted by atomic mass is 9.97. The summed E-state index contributed by atoms with van der Waals surface area (Å²) < 4.78 is 2.14. The summed E-state index contributed by atoms with van der Waals surface area (Å²) in [5.41, 5.74) is 7.31. The van der Waals surface area contributed by atoms with Crippen molar-refractivity contribution in [2.75, 3.05) is 0 Å². The van der Waals surface area contributed by atoms with Crippen molar-refractivity contribution in [1.29, 1.82) is 0 Å². The molecule has 0 saturated carbocycles. The molecule has 0 radical (unpaired) electrons. The van der Waals surface area contributed by atoms with E-state index in [0.29, 0.717) is 0 Å². The molecule has 2 nitrogen and oxygen atoms in total. The molecule has 2 atom stereocenters. The van der Waals surface area contributed by atoms with E-state index >= 15 is 0 Å². The zero-order valence-corrected chi connectivity index (χ0v) is 13.2. The number of aromatic nitrogens is 1. The molecule has 2 aromatic rings. The van der Waals surface area contributed by atoms with E-state index in [-0.39, 0.29) is 12.0 Å². The number of pyridine rings is 1. The second-order valence-corrected chi connectivity index (χ2v) is 7.10. The number of nitrogens with zero attached hydrogens (tertiary/aromatic N) is 1. The SMILES string of the molecule is CC(c1ccccn1)C(N)c1cc(Br)c(Br)s1. The highest BCUT2D eigenvalue weighted by atomic mass is 79.9. The van der Waals surface area contributed by atoms with Crippen molar-refractivity contribution in [2.24, 2.45) is 5.73 Å². The molecule has 0 aliphatic rings. The van der Waals surface area contributed by atoms with Crippen molar-refractivity contribution in [3.05, 3.63) is 49.3 Å². The van der Waals surface area contributed by atoms with E-state index in [2.05, 4.69) is 49.8 Å². The normalized spacial score (nSPS) is 14.6. The zero-order valence-electron chi connectivity index (χ0n) is 9.23. The molecule has 0 aliphatic heterocycles. The molecule has 90 valence electrons. The summed E-state index contributed by atoms with van der Waals surface area (Å²) in [6.45, 7) is 2.11. The molecule has 0 amide bonds. The van der Waals surface area contributed by atoms with Crippen LogP contribution in [0.5, 0.6) is 0 Å². The first-order chi connectivity index (χ1) is 8.09. The van der Waals surface area contributed by atoms with Crippen LogP contribution >= 0.6 is 43.2 Å². The highest BCUT2D eigenvalue weighted by Crippen LogP contribution is 2.38. The Morgan fingerprint density at radius 2 is 2.12 bits per heavy atom. The van der Waals surface area contributed by atoms with E-state index in [0.717, 1.165) is 18.8 Å². The van der Waals surface area contributed by atoms with Crippen molar-refractivity contribution in [3.8, 4) is 0 Å². The molecule has 0 saturated heterocycles. The van der Waals surface area contributed by atoms with Crippen LogP contribution in [0, 0.1) is 0 Å². The van der Waals surface area contributed by atoms with Crippen LogP contribution < -0.4 is 5.73 Å². The van der Waals surface area contributed by atoms with E-state index < -0.39 is 0 Å². The summed E-state index contributed by atoms with van der Waals surface area (Å²) in [6.07, 6.45) is 1.80. The first-order valence-corrected chi connectivity index (χ1v) is 7.61. The third kappa shape index (κ3) is 2.96. The molecule has 0 bridgehead atoms. The van der Waals surface area contributed by atoms with Gasteiger partial charge in [0.25, 0.3) is 0 Å². The van der Waals surface area contributed by atoms with E-state index in [1.807, 2.05) is 18.2 Å². The maximum atomic E-state index is 6.28. The van der Waals surface area contributed by atoms with Gasteiger partial charge in [0.15, 0.2) is 0 Å². The van der Waals surface area contributed by atoms with E-state index in [9.17, 15) is 0 Å². The van der Waals surface area contributed by atoms with Crippen LogP contribution in [-0.2, 0) is 0 Å². The minimum atomic E-state index is -0.0301. The van der Waals surface area contributed by atoms with Crippen LogP contribution in [0.2, 0.25) is 0 Å². The molecule has 0 aromatic carbocycles. The van der Waals surface area contributed by atoms with Gasteiger partial charge in [-0.3, -0.25) is 4.98 Å². The standard InChI is InChI=1S/C12H12Br2N2S/c1-7(9-4-2-3-5-16-9)11(15)10-6-8(13)12(14)17-10/h2-7,11H,15H2,1H3. The van der Waals surface area contributed by atoms with Crippen molar-refractivity contribution in [1.82, 2.24) is 4.98 Å². The van der Waals surface area contributed by atoms with Gasteiger partial charge in [-0.05, 0) is 50.1 Å². The van der Waals surface area contributed by atoms with Gasteiger partial charge in [0.05, 0.1) is 3.79 Å². The van der Waals surface area contributed by atoms with Gasteiger partial charge in [0.2, 0.25) is 0 Å². The van der Waals surface area contributed by atoms with Crippen molar-refractivity contribution < 1.29 is 0 Å². The molecule has 2 heterocycles. The van der Waals surface area contributed by atoms with Crippen LogP contribution in [0.4, 0.5) is 0 Å². The van der Waals surface area contributed by atoms with Gasteiger partial charge in [-0.2, -0.15) is 0 Å². The predicted octanol–water partition coefficient (Wildman–Crippen LogP) is 4.47. The van der Waals surface area contributed by atoms with Gasteiger partial charge in [0.1, 0.15) is 0 Å². The van der Waals surface area contributed by atoms with E-state index in [1.54, 1.807) is 17.5 Å². The minimum absolute atomic E-state index is 0.0301. The number of thiophene rings is 1. The summed E-state index contributed by atoms with van der Waals surface area (Å²) in [7, 11) is 0. The van der Waals surface area contributed by atoms with Crippen molar-refractivity contribution in [3.63, 3.8) is 0 Å². The molecule has 0 fully saturated rings. The average Bonchev–Trinajstić information content (AvgIpc) is 2.69. The largest absolute Gasteiger partial charge is 0.323 e. The van der Waals surface area contributed by atoms with Crippen LogP contribution in [0.15, 0.2) is 38.7 Å². The average molecular weight is 376 g/mol. The van der Waals surface area contributed by atoms with Gasteiger partial charge in [0, 0.05) is 33.2 Å². The molecule has 17 heavy (non-hydrogen) atoms. The zero-order chi connectivity index (χ0) is 12.4. The molecule has 0 aliphatic carbocycles. The number of nitrogens with two attached hydrogens (primary N) is 1.